The second-order valence-corrected chi connectivity index (χ2v) is 4.04. The van der Waals surface area contributed by atoms with E-state index in [1.807, 2.05) is 0 Å². The summed E-state index contributed by atoms with van der Waals surface area (Å²) in [5.41, 5.74) is 1.18. The molecule has 1 aliphatic rings. The zero-order valence-electron chi connectivity index (χ0n) is 7.29. The van der Waals surface area contributed by atoms with Gasteiger partial charge in [0.05, 0.1) is 13.2 Å². The molecule has 1 aromatic heterocycles. The average molecular weight is 184 g/mol. The van der Waals surface area contributed by atoms with Crippen molar-refractivity contribution in [2.24, 2.45) is 0 Å². The summed E-state index contributed by atoms with van der Waals surface area (Å²) in [6, 6.07) is 2.12. The Hall–Kier alpha value is -0.380. The largest absolute Gasteiger partial charge is 0.374 e. The summed E-state index contributed by atoms with van der Waals surface area (Å²) in [6.07, 6.45) is 0. The lowest BCUT2D eigenvalue weighted by Crippen LogP contribution is -2.48. The Balaban J connectivity index is 2.33. The maximum Gasteiger partial charge on any atom is 0.148 e. The molecule has 0 unspecified atom stereocenters. The van der Waals surface area contributed by atoms with Gasteiger partial charge >= 0.3 is 0 Å². The molecule has 1 saturated heterocycles. The molecule has 1 aromatic rings. The zero-order valence-corrected chi connectivity index (χ0v) is 8.11. The van der Waals surface area contributed by atoms with Crippen LogP contribution in [0, 0.1) is 6.92 Å². The number of rotatable bonds is 2. The van der Waals surface area contributed by atoms with E-state index in [1.165, 1.54) is 10.4 Å². The lowest BCUT2D eigenvalue weighted by Gasteiger charge is -2.39. The van der Waals surface area contributed by atoms with Gasteiger partial charge in [-0.1, -0.05) is 0 Å². The van der Waals surface area contributed by atoms with Crippen molar-refractivity contribution < 1.29 is 9.47 Å². The number of methoxy groups -OCH3 is 1. The molecule has 0 radical (unpaired) electrons. The van der Waals surface area contributed by atoms with Crippen LogP contribution in [0.3, 0.4) is 0 Å². The van der Waals surface area contributed by atoms with Gasteiger partial charge in [0, 0.05) is 12.0 Å². The normalized spacial score (nSPS) is 20.5. The van der Waals surface area contributed by atoms with Crippen LogP contribution in [-0.4, -0.2) is 20.3 Å². The Labute approximate surface area is 76.1 Å². The molecule has 2 nitrogen and oxygen atoms in total. The molecule has 0 bridgehead atoms. The van der Waals surface area contributed by atoms with E-state index in [1.54, 1.807) is 18.4 Å². The first-order chi connectivity index (χ1) is 5.78. The van der Waals surface area contributed by atoms with Gasteiger partial charge in [0.2, 0.25) is 0 Å². The standard InChI is InChI=1S/C9H12O2S/c1-7-3-4-12-8(7)9(10-2)5-11-6-9/h3-4H,5-6H2,1-2H3. The van der Waals surface area contributed by atoms with Gasteiger partial charge in [-0.25, -0.2) is 0 Å². The van der Waals surface area contributed by atoms with Crippen LogP contribution < -0.4 is 0 Å². The first-order valence-corrected chi connectivity index (χ1v) is 4.84. The molecule has 0 aromatic carbocycles. The minimum absolute atomic E-state index is 0.127. The van der Waals surface area contributed by atoms with E-state index in [9.17, 15) is 0 Å². The van der Waals surface area contributed by atoms with Gasteiger partial charge in [-0.2, -0.15) is 0 Å². The quantitative estimate of drug-likeness (QED) is 0.699. The second-order valence-electron chi connectivity index (χ2n) is 3.12. The van der Waals surface area contributed by atoms with Crippen molar-refractivity contribution in [1.82, 2.24) is 0 Å². The molecule has 3 heteroatoms. The number of aryl methyl sites for hydroxylation is 1. The fraction of sp³-hybridized carbons (Fsp3) is 0.556. The fourth-order valence-corrected chi connectivity index (χ4v) is 2.55. The molecule has 2 heterocycles. The Kier molecular flexibility index (Phi) is 1.94. The predicted molar refractivity (Wildman–Crippen MR) is 48.6 cm³/mol. The van der Waals surface area contributed by atoms with Crippen molar-refractivity contribution in [1.29, 1.82) is 0 Å². The van der Waals surface area contributed by atoms with Gasteiger partial charge in [-0.3, -0.25) is 0 Å². The summed E-state index contributed by atoms with van der Waals surface area (Å²) >= 11 is 1.75. The van der Waals surface area contributed by atoms with E-state index >= 15 is 0 Å². The maximum absolute atomic E-state index is 5.48. The maximum atomic E-state index is 5.48. The van der Waals surface area contributed by atoms with E-state index in [0.717, 1.165) is 0 Å². The van der Waals surface area contributed by atoms with E-state index in [0.29, 0.717) is 13.2 Å². The molecule has 0 saturated carbocycles. The Morgan fingerprint density at radius 2 is 2.33 bits per heavy atom. The molecule has 1 fully saturated rings. The third-order valence-corrected chi connectivity index (χ3v) is 3.54. The number of ether oxygens (including phenoxy) is 2. The molecule has 0 atom stereocenters. The summed E-state index contributed by atoms with van der Waals surface area (Å²) in [6.45, 7) is 3.51. The number of thiophene rings is 1. The first kappa shape index (κ1) is 8.23. The number of hydrogen-bond donors (Lipinski definition) is 0. The van der Waals surface area contributed by atoms with Crippen LogP contribution in [0.1, 0.15) is 10.4 Å². The van der Waals surface area contributed by atoms with Crippen molar-refractivity contribution in [2.75, 3.05) is 20.3 Å². The molecule has 0 amide bonds. The van der Waals surface area contributed by atoms with Crippen molar-refractivity contribution in [3.8, 4) is 0 Å². The molecule has 2 rings (SSSR count). The molecule has 0 aliphatic carbocycles. The van der Waals surface area contributed by atoms with Gasteiger partial charge in [-0.05, 0) is 23.9 Å². The second kappa shape index (κ2) is 2.83. The van der Waals surface area contributed by atoms with Crippen LogP contribution in [0.15, 0.2) is 11.4 Å². The minimum Gasteiger partial charge on any atom is -0.374 e. The zero-order chi connectivity index (χ0) is 8.60. The highest BCUT2D eigenvalue weighted by Crippen LogP contribution is 2.37. The molecule has 0 spiro atoms. The highest BCUT2D eigenvalue weighted by atomic mass is 32.1. The van der Waals surface area contributed by atoms with Crippen LogP contribution in [-0.2, 0) is 15.1 Å². The lowest BCUT2D eigenvalue weighted by atomic mass is 9.97. The summed E-state index contributed by atoms with van der Waals surface area (Å²) in [5.74, 6) is 0. The summed E-state index contributed by atoms with van der Waals surface area (Å²) in [5, 5.41) is 2.10. The van der Waals surface area contributed by atoms with Gasteiger partial charge in [0.15, 0.2) is 0 Å². The molecular formula is C9H12O2S. The Morgan fingerprint density at radius 1 is 1.58 bits per heavy atom. The van der Waals surface area contributed by atoms with Gasteiger partial charge in [-0.15, -0.1) is 11.3 Å². The molecule has 0 N–H and O–H groups in total. The van der Waals surface area contributed by atoms with Gasteiger partial charge in [0.25, 0.3) is 0 Å². The topological polar surface area (TPSA) is 18.5 Å². The van der Waals surface area contributed by atoms with Crippen LogP contribution in [0.25, 0.3) is 0 Å². The SMILES string of the molecule is COC1(c2sccc2C)COC1. The van der Waals surface area contributed by atoms with E-state index in [-0.39, 0.29) is 5.60 Å². The third kappa shape index (κ3) is 1.01. The predicted octanol–water partition coefficient (Wildman–Crippen LogP) is 1.93. The fourth-order valence-electron chi connectivity index (χ4n) is 1.47. The van der Waals surface area contributed by atoms with Crippen LogP contribution >= 0.6 is 11.3 Å². The van der Waals surface area contributed by atoms with E-state index in [4.69, 9.17) is 9.47 Å². The van der Waals surface area contributed by atoms with E-state index in [2.05, 4.69) is 18.4 Å². The van der Waals surface area contributed by atoms with Crippen molar-refractivity contribution in [3.63, 3.8) is 0 Å². The van der Waals surface area contributed by atoms with Crippen LogP contribution in [0.5, 0.6) is 0 Å². The minimum atomic E-state index is -0.127. The van der Waals surface area contributed by atoms with Crippen LogP contribution in [0.2, 0.25) is 0 Å². The lowest BCUT2D eigenvalue weighted by molar-refractivity contribution is -0.200. The Morgan fingerprint density at radius 3 is 2.67 bits per heavy atom. The third-order valence-electron chi connectivity index (χ3n) is 2.34. The highest BCUT2D eigenvalue weighted by molar-refractivity contribution is 7.10. The number of hydrogen-bond acceptors (Lipinski definition) is 3. The average Bonchev–Trinajstić information content (AvgIpc) is 2.36. The van der Waals surface area contributed by atoms with Gasteiger partial charge < -0.3 is 9.47 Å². The summed E-state index contributed by atoms with van der Waals surface area (Å²) in [4.78, 5) is 1.32. The Bertz CT molecular complexity index is 270. The monoisotopic (exact) mass is 184 g/mol. The van der Waals surface area contributed by atoms with Crippen molar-refractivity contribution in [2.45, 2.75) is 12.5 Å². The van der Waals surface area contributed by atoms with Crippen molar-refractivity contribution >= 4 is 11.3 Å². The van der Waals surface area contributed by atoms with Crippen molar-refractivity contribution in [3.05, 3.63) is 21.9 Å². The molecule has 1 aliphatic heterocycles. The first-order valence-electron chi connectivity index (χ1n) is 3.96. The van der Waals surface area contributed by atoms with Crippen LogP contribution in [0.4, 0.5) is 0 Å². The molecule has 12 heavy (non-hydrogen) atoms. The molecular weight excluding hydrogens is 172 g/mol. The smallest absolute Gasteiger partial charge is 0.148 e. The highest BCUT2D eigenvalue weighted by Gasteiger charge is 2.42. The summed E-state index contributed by atoms with van der Waals surface area (Å²) in [7, 11) is 1.75. The molecule has 66 valence electrons. The van der Waals surface area contributed by atoms with E-state index < -0.39 is 0 Å². The van der Waals surface area contributed by atoms with Gasteiger partial charge in [0.1, 0.15) is 5.60 Å². The summed E-state index contributed by atoms with van der Waals surface area (Å²) < 4.78 is 10.7.